The molecule has 1 aromatic heterocycles. The number of carbonyl (C=O) groups is 2. The molecule has 1 saturated carbocycles. The van der Waals surface area contributed by atoms with Crippen LogP contribution in [0.1, 0.15) is 49.0 Å². The lowest BCUT2D eigenvalue weighted by atomic mass is 10.1. The summed E-state index contributed by atoms with van der Waals surface area (Å²) in [7, 11) is 1.27. The molecule has 1 aromatic carbocycles. The largest absolute Gasteiger partial charge is 0.467 e. The Morgan fingerprint density at radius 1 is 1.33 bits per heavy atom. The Balaban J connectivity index is 1.88. The molecule has 0 radical (unpaired) electrons. The van der Waals surface area contributed by atoms with E-state index >= 15 is 0 Å². The monoisotopic (exact) mass is 331 g/mol. The molecule has 7 heteroatoms. The van der Waals surface area contributed by atoms with E-state index in [0.29, 0.717) is 11.1 Å². The second-order valence-corrected chi connectivity index (χ2v) is 6.19. The van der Waals surface area contributed by atoms with Gasteiger partial charge in [0, 0.05) is 11.6 Å². The summed E-state index contributed by atoms with van der Waals surface area (Å²) in [5.74, 6) is -0.894. The van der Waals surface area contributed by atoms with Gasteiger partial charge >= 0.3 is 11.7 Å². The van der Waals surface area contributed by atoms with Crippen LogP contribution in [-0.2, 0) is 9.53 Å². The number of amides is 1. The van der Waals surface area contributed by atoms with Gasteiger partial charge in [-0.2, -0.15) is 0 Å². The Morgan fingerprint density at radius 3 is 2.71 bits per heavy atom. The molecule has 0 aliphatic heterocycles. The first-order valence-corrected chi connectivity index (χ1v) is 8.14. The van der Waals surface area contributed by atoms with Gasteiger partial charge in [0.15, 0.2) is 0 Å². The Bertz CT molecular complexity index is 830. The molecule has 1 aliphatic rings. The number of nitrogens with zero attached hydrogens (tertiary/aromatic N) is 1. The standard InChI is InChI=1S/C17H21N3O4/c1-10(16(22)24-2)18-15(21)11-7-8-14-13(9-11)19-17(23)20(14)12-5-3-4-6-12/h7-10,12H,3-6H2,1-2H3,(H,18,21)(H,19,23)/t10-/m0/s1. The van der Waals surface area contributed by atoms with Gasteiger partial charge < -0.3 is 15.0 Å². The lowest BCUT2D eigenvalue weighted by Crippen LogP contribution is -2.39. The van der Waals surface area contributed by atoms with E-state index < -0.39 is 12.0 Å². The number of carbonyl (C=O) groups excluding carboxylic acids is 2. The number of imidazole rings is 1. The maximum atomic E-state index is 12.3. The number of hydrogen-bond acceptors (Lipinski definition) is 4. The van der Waals surface area contributed by atoms with Crippen molar-refractivity contribution >= 4 is 22.9 Å². The molecule has 1 heterocycles. The van der Waals surface area contributed by atoms with E-state index in [2.05, 4.69) is 15.0 Å². The van der Waals surface area contributed by atoms with Crippen LogP contribution in [-0.4, -0.2) is 34.6 Å². The minimum Gasteiger partial charge on any atom is -0.467 e. The third-order valence-electron chi connectivity index (χ3n) is 4.57. The molecule has 2 aromatic rings. The summed E-state index contributed by atoms with van der Waals surface area (Å²) in [6, 6.07) is 4.58. The van der Waals surface area contributed by atoms with Gasteiger partial charge in [0.1, 0.15) is 6.04 Å². The zero-order valence-electron chi connectivity index (χ0n) is 13.8. The molecule has 3 rings (SSSR count). The molecule has 1 aliphatic carbocycles. The lowest BCUT2D eigenvalue weighted by molar-refractivity contribution is -0.142. The summed E-state index contributed by atoms with van der Waals surface area (Å²) >= 11 is 0. The highest BCUT2D eigenvalue weighted by atomic mass is 16.5. The first kappa shape index (κ1) is 16.3. The smallest absolute Gasteiger partial charge is 0.328 e. The first-order valence-electron chi connectivity index (χ1n) is 8.14. The van der Waals surface area contributed by atoms with Gasteiger partial charge in [-0.05, 0) is 38.0 Å². The van der Waals surface area contributed by atoms with Crippen molar-refractivity contribution in [2.75, 3.05) is 7.11 Å². The minimum absolute atomic E-state index is 0.141. The molecule has 7 nitrogen and oxygen atoms in total. The zero-order chi connectivity index (χ0) is 17.3. The Hall–Kier alpha value is -2.57. The summed E-state index contributed by atoms with van der Waals surface area (Å²) in [4.78, 5) is 38.7. The fourth-order valence-electron chi connectivity index (χ4n) is 3.31. The van der Waals surface area contributed by atoms with Crippen LogP contribution in [0.4, 0.5) is 0 Å². The molecular formula is C17H21N3O4. The number of aromatic nitrogens is 2. The van der Waals surface area contributed by atoms with Crippen LogP contribution >= 0.6 is 0 Å². The number of fused-ring (bicyclic) bond motifs is 1. The van der Waals surface area contributed by atoms with E-state index in [1.807, 2.05) is 0 Å². The van der Waals surface area contributed by atoms with Crippen molar-refractivity contribution in [3.63, 3.8) is 0 Å². The molecule has 0 saturated heterocycles. The summed E-state index contributed by atoms with van der Waals surface area (Å²) in [5.41, 5.74) is 1.69. The van der Waals surface area contributed by atoms with Crippen molar-refractivity contribution in [3.05, 3.63) is 34.2 Å². The zero-order valence-corrected chi connectivity index (χ0v) is 13.8. The van der Waals surface area contributed by atoms with Crippen LogP contribution in [0.15, 0.2) is 23.0 Å². The van der Waals surface area contributed by atoms with Gasteiger partial charge in [-0.25, -0.2) is 9.59 Å². The Morgan fingerprint density at radius 2 is 2.04 bits per heavy atom. The normalized spacial score (nSPS) is 16.2. The highest BCUT2D eigenvalue weighted by molar-refractivity contribution is 5.99. The number of ether oxygens (including phenoxy) is 1. The number of benzene rings is 1. The van der Waals surface area contributed by atoms with Gasteiger partial charge in [-0.1, -0.05) is 12.8 Å². The number of hydrogen-bond donors (Lipinski definition) is 2. The second kappa shape index (κ2) is 6.51. The number of rotatable bonds is 4. The highest BCUT2D eigenvalue weighted by Gasteiger charge is 2.22. The van der Waals surface area contributed by atoms with E-state index in [4.69, 9.17) is 0 Å². The van der Waals surface area contributed by atoms with Gasteiger partial charge in [0.05, 0.1) is 18.1 Å². The van der Waals surface area contributed by atoms with E-state index in [1.54, 1.807) is 29.7 Å². The average Bonchev–Trinajstić information content (AvgIpc) is 3.19. The van der Waals surface area contributed by atoms with Crippen LogP contribution in [0.5, 0.6) is 0 Å². The van der Waals surface area contributed by atoms with Crippen LogP contribution in [0.2, 0.25) is 0 Å². The van der Waals surface area contributed by atoms with Crippen LogP contribution in [0.3, 0.4) is 0 Å². The van der Waals surface area contributed by atoms with Gasteiger partial charge in [-0.15, -0.1) is 0 Å². The van der Waals surface area contributed by atoms with E-state index in [0.717, 1.165) is 31.2 Å². The molecule has 0 spiro atoms. The van der Waals surface area contributed by atoms with Gasteiger partial charge in [0.2, 0.25) is 0 Å². The van der Waals surface area contributed by atoms with Crippen molar-refractivity contribution in [2.45, 2.75) is 44.7 Å². The number of aromatic amines is 1. The van der Waals surface area contributed by atoms with E-state index in [1.165, 1.54) is 7.11 Å². The molecular weight excluding hydrogens is 310 g/mol. The molecule has 1 atom stereocenters. The van der Waals surface area contributed by atoms with Crippen molar-refractivity contribution in [1.29, 1.82) is 0 Å². The van der Waals surface area contributed by atoms with Gasteiger partial charge in [0.25, 0.3) is 5.91 Å². The fraction of sp³-hybridized carbons (Fsp3) is 0.471. The molecule has 24 heavy (non-hydrogen) atoms. The highest BCUT2D eigenvalue weighted by Crippen LogP contribution is 2.30. The first-order chi connectivity index (χ1) is 11.5. The topological polar surface area (TPSA) is 93.2 Å². The Kier molecular flexibility index (Phi) is 4.42. The molecule has 0 unspecified atom stereocenters. The number of methoxy groups -OCH3 is 1. The van der Waals surface area contributed by atoms with E-state index in [-0.39, 0.29) is 17.6 Å². The molecule has 1 fully saturated rings. The van der Waals surface area contributed by atoms with Crippen molar-refractivity contribution in [2.24, 2.45) is 0 Å². The summed E-state index contributed by atoms with van der Waals surface area (Å²) in [6.45, 7) is 1.56. The number of esters is 1. The number of nitrogens with one attached hydrogen (secondary N) is 2. The molecule has 0 bridgehead atoms. The number of H-pyrrole nitrogens is 1. The fourth-order valence-corrected chi connectivity index (χ4v) is 3.31. The predicted molar refractivity (Wildman–Crippen MR) is 89.0 cm³/mol. The third kappa shape index (κ3) is 2.93. The van der Waals surface area contributed by atoms with Crippen LogP contribution < -0.4 is 11.0 Å². The Labute approximate surface area is 139 Å². The van der Waals surface area contributed by atoms with Crippen LogP contribution in [0.25, 0.3) is 11.0 Å². The van der Waals surface area contributed by atoms with Crippen LogP contribution in [0, 0.1) is 0 Å². The average molecular weight is 331 g/mol. The molecule has 1 amide bonds. The quantitative estimate of drug-likeness (QED) is 0.835. The van der Waals surface area contributed by atoms with E-state index in [9.17, 15) is 14.4 Å². The van der Waals surface area contributed by atoms with Crippen molar-refractivity contribution in [1.82, 2.24) is 14.9 Å². The van der Waals surface area contributed by atoms with Crippen molar-refractivity contribution in [3.8, 4) is 0 Å². The third-order valence-corrected chi connectivity index (χ3v) is 4.57. The lowest BCUT2D eigenvalue weighted by Gasteiger charge is -2.12. The maximum absolute atomic E-state index is 12.3. The molecule has 128 valence electrons. The van der Waals surface area contributed by atoms with Crippen molar-refractivity contribution < 1.29 is 14.3 Å². The maximum Gasteiger partial charge on any atom is 0.328 e. The van der Waals surface area contributed by atoms with Gasteiger partial charge in [-0.3, -0.25) is 9.36 Å². The molecule has 2 N–H and O–H groups in total. The summed E-state index contributed by atoms with van der Waals surface area (Å²) < 4.78 is 6.38. The predicted octanol–water partition coefficient (Wildman–Crippen LogP) is 1.74. The summed E-state index contributed by atoms with van der Waals surface area (Å²) in [6.07, 6.45) is 4.28. The second-order valence-electron chi connectivity index (χ2n) is 6.19. The minimum atomic E-state index is -0.736. The summed E-state index contributed by atoms with van der Waals surface area (Å²) in [5, 5.41) is 2.58. The SMILES string of the molecule is COC(=O)[C@H](C)NC(=O)c1ccc2c(c1)[nH]c(=O)n2C1CCCC1.